The van der Waals surface area contributed by atoms with Crippen LogP contribution in [-0.4, -0.2) is 22.1 Å². The van der Waals surface area contributed by atoms with E-state index in [0.717, 1.165) is 6.42 Å². The summed E-state index contributed by atoms with van der Waals surface area (Å²) >= 11 is 5.25. The average molecular weight is 192 g/mol. The normalized spacial score (nSPS) is 30.4. The highest BCUT2D eigenvalue weighted by atomic mass is 35.5. The van der Waals surface area contributed by atoms with Gasteiger partial charge in [0.25, 0.3) is 11.3 Å². The second-order valence-corrected chi connectivity index (χ2v) is 3.46. The molecule has 1 aliphatic rings. The molecule has 0 unspecified atom stereocenters. The Morgan fingerprint density at radius 2 is 2.42 bits per heavy atom. The molecular weight excluding hydrogens is 180 g/mol. The van der Waals surface area contributed by atoms with Crippen molar-refractivity contribution in [3.63, 3.8) is 0 Å². The Labute approximate surface area is 76.0 Å². The first kappa shape index (κ1) is 9.52. The Kier molecular flexibility index (Phi) is 2.73. The van der Waals surface area contributed by atoms with E-state index in [9.17, 15) is 4.79 Å². The Morgan fingerprint density at radius 3 is 2.75 bits per heavy atom. The monoisotopic (exact) mass is 191 g/mol. The van der Waals surface area contributed by atoms with Crippen LogP contribution in [0.5, 0.6) is 0 Å². The van der Waals surface area contributed by atoms with Gasteiger partial charge >= 0.3 is 5.97 Å². The fourth-order valence-electron chi connectivity index (χ4n) is 1.32. The maximum absolute atomic E-state index is 10.7. The molecule has 0 aromatic heterocycles. The Hall–Kier alpha value is -0.570. The van der Waals surface area contributed by atoms with E-state index in [0.29, 0.717) is 0 Å². The van der Waals surface area contributed by atoms with Gasteiger partial charge in [0.15, 0.2) is 5.92 Å². The second kappa shape index (κ2) is 3.44. The molecule has 1 rings (SSSR count). The summed E-state index contributed by atoms with van der Waals surface area (Å²) in [6.07, 6.45) is 0.250. The van der Waals surface area contributed by atoms with Gasteiger partial charge in [0, 0.05) is 0 Å². The standard InChI is InChI=1S/C8H11ClO3/c1-3-4(2)5-6(7(9)10)12-8(5)11/h4-6H,3H2,1-2H3/p+1/t4-,5-,6+/m0/s1. The molecule has 1 heterocycles. The van der Waals surface area contributed by atoms with E-state index in [4.69, 9.17) is 21.1 Å². The summed E-state index contributed by atoms with van der Waals surface area (Å²) in [4.78, 5) is 19.8. The fourth-order valence-corrected chi connectivity index (χ4v) is 1.50. The summed E-state index contributed by atoms with van der Waals surface area (Å²) in [7, 11) is 0. The van der Waals surface area contributed by atoms with Crippen LogP contribution in [0.25, 0.3) is 0 Å². The lowest BCUT2D eigenvalue weighted by molar-refractivity contribution is -0.126. The summed E-state index contributed by atoms with van der Waals surface area (Å²) in [5.74, 6) is -0.0326. The third kappa shape index (κ3) is 1.46. The second-order valence-electron chi connectivity index (χ2n) is 3.09. The van der Waals surface area contributed by atoms with Crippen molar-refractivity contribution in [2.45, 2.75) is 26.4 Å². The number of carbonyl (C=O) groups is 1. The molecule has 3 nitrogen and oxygen atoms in total. The lowest BCUT2D eigenvalue weighted by Crippen LogP contribution is -2.51. The first-order valence-corrected chi connectivity index (χ1v) is 4.37. The van der Waals surface area contributed by atoms with Crippen LogP contribution < -0.4 is 0 Å². The largest absolute Gasteiger partial charge is 0.494 e. The van der Waals surface area contributed by atoms with Gasteiger partial charge in [-0.1, -0.05) is 20.3 Å². The van der Waals surface area contributed by atoms with Gasteiger partial charge in [-0.05, 0) is 17.5 Å². The van der Waals surface area contributed by atoms with Crippen molar-refractivity contribution < 1.29 is 14.3 Å². The molecule has 0 aliphatic carbocycles. The lowest BCUT2D eigenvalue weighted by atomic mass is 9.84. The Balaban J connectivity index is 2.61. The van der Waals surface area contributed by atoms with Gasteiger partial charge in [-0.3, -0.25) is 4.79 Å². The van der Waals surface area contributed by atoms with Gasteiger partial charge < -0.3 is 9.53 Å². The smallest absolute Gasteiger partial charge is 0.339 e. The van der Waals surface area contributed by atoms with E-state index < -0.39 is 11.3 Å². The van der Waals surface area contributed by atoms with Crippen LogP contribution in [-0.2, 0) is 9.53 Å². The van der Waals surface area contributed by atoms with E-state index in [1.54, 1.807) is 0 Å². The predicted molar refractivity (Wildman–Crippen MR) is 45.6 cm³/mol. The first-order chi connectivity index (χ1) is 5.57. The molecule has 1 N–H and O–H groups in total. The van der Waals surface area contributed by atoms with Crippen LogP contribution in [0.4, 0.5) is 0 Å². The van der Waals surface area contributed by atoms with Crippen molar-refractivity contribution in [2.75, 3.05) is 0 Å². The van der Waals surface area contributed by atoms with Crippen LogP contribution in [0.1, 0.15) is 20.3 Å². The molecular formula is C8H12ClO3+. The van der Waals surface area contributed by atoms with E-state index in [2.05, 4.69) is 0 Å². The van der Waals surface area contributed by atoms with E-state index in [-0.39, 0.29) is 17.8 Å². The number of rotatable bonds is 3. The van der Waals surface area contributed by atoms with E-state index in [1.165, 1.54) is 0 Å². The maximum Gasteiger partial charge on any atom is 0.494 e. The van der Waals surface area contributed by atoms with Crippen LogP contribution in [0.3, 0.4) is 0 Å². The van der Waals surface area contributed by atoms with Gasteiger partial charge in [-0.25, -0.2) is 0 Å². The molecule has 0 aromatic carbocycles. The molecule has 0 amide bonds. The maximum atomic E-state index is 10.7. The molecule has 0 radical (unpaired) electrons. The first-order valence-electron chi connectivity index (χ1n) is 3.99. The number of hydrogen-bond donors (Lipinski definition) is 0. The molecule has 4 heteroatoms. The molecule has 1 saturated heterocycles. The van der Waals surface area contributed by atoms with Gasteiger partial charge in [0.1, 0.15) is 0 Å². The minimum Gasteiger partial charge on any atom is -0.339 e. The van der Waals surface area contributed by atoms with Gasteiger partial charge in [-0.2, -0.15) is 0 Å². The topological polar surface area (TPSA) is 47.7 Å². The van der Waals surface area contributed by atoms with E-state index in [1.807, 2.05) is 13.8 Å². The molecule has 1 fully saturated rings. The summed E-state index contributed by atoms with van der Waals surface area (Å²) in [5.41, 5.74) is 0. The number of halogens is 1. The third-order valence-corrected chi connectivity index (χ3v) is 2.55. The summed E-state index contributed by atoms with van der Waals surface area (Å²) in [5, 5.41) is -0.530. The van der Waals surface area contributed by atoms with Crippen LogP contribution in [0.2, 0.25) is 0 Å². The Bertz CT molecular complexity index is 214. The molecule has 0 saturated carbocycles. The van der Waals surface area contributed by atoms with Crippen LogP contribution in [0.15, 0.2) is 0 Å². The van der Waals surface area contributed by atoms with Crippen molar-refractivity contribution in [1.82, 2.24) is 0 Å². The number of esters is 1. The van der Waals surface area contributed by atoms with Crippen molar-refractivity contribution >= 4 is 22.8 Å². The van der Waals surface area contributed by atoms with Gasteiger partial charge in [0.2, 0.25) is 0 Å². The highest BCUT2D eigenvalue weighted by molar-refractivity contribution is 6.65. The summed E-state index contributed by atoms with van der Waals surface area (Å²) in [6.45, 7) is 3.95. The molecule has 0 aromatic rings. The minimum absolute atomic E-state index is 0.0525. The number of cyclic esters (lactones) is 1. The minimum atomic E-state index is -0.637. The average Bonchev–Trinajstić information content (AvgIpc) is 1.99. The van der Waals surface area contributed by atoms with Crippen LogP contribution >= 0.6 is 11.6 Å². The zero-order chi connectivity index (χ0) is 9.30. The molecule has 12 heavy (non-hydrogen) atoms. The zero-order valence-corrected chi connectivity index (χ0v) is 7.84. The number of hydrogen-bond acceptors (Lipinski definition) is 2. The quantitative estimate of drug-likeness (QED) is 0.384. The summed E-state index contributed by atoms with van der Waals surface area (Å²) in [6, 6.07) is 0. The molecule has 68 valence electrons. The number of ether oxygens (including phenoxy) is 1. The molecule has 3 atom stereocenters. The van der Waals surface area contributed by atoms with Crippen molar-refractivity contribution in [3.8, 4) is 0 Å². The predicted octanol–water partition coefficient (Wildman–Crippen LogP) is 1.32. The molecule has 0 bridgehead atoms. The highest BCUT2D eigenvalue weighted by Crippen LogP contribution is 2.32. The summed E-state index contributed by atoms with van der Waals surface area (Å²) < 4.78 is 4.73. The lowest BCUT2D eigenvalue weighted by Gasteiger charge is -2.27. The third-order valence-electron chi connectivity index (χ3n) is 2.34. The van der Waals surface area contributed by atoms with Gasteiger partial charge in [-0.15, -0.1) is 0 Å². The number of carbonyl (C=O) groups excluding carboxylic acids is 2. The van der Waals surface area contributed by atoms with Gasteiger partial charge in [0.05, 0.1) is 0 Å². The SMILES string of the molecule is CC[C@H](C)[C@@H]1C(=[OH+])O[C@H]1C(=O)Cl. The van der Waals surface area contributed by atoms with Crippen molar-refractivity contribution in [2.24, 2.45) is 11.8 Å². The van der Waals surface area contributed by atoms with Crippen LogP contribution in [0, 0.1) is 11.8 Å². The molecule has 0 spiro atoms. The highest BCUT2D eigenvalue weighted by Gasteiger charge is 2.57. The molecule has 1 aliphatic heterocycles. The van der Waals surface area contributed by atoms with Crippen molar-refractivity contribution in [3.05, 3.63) is 0 Å². The zero-order valence-electron chi connectivity index (χ0n) is 7.08. The van der Waals surface area contributed by atoms with E-state index >= 15 is 0 Å². The fraction of sp³-hybridized carbons (Fsp3) is 0.750. The Morgan fingerprint density at radius 1 is 1.83 bits per heavy atom. The van der Waals surface area contributed by atoms with Crippen molar-refractivity contribution in [1.29, 1.82) is 0 Å².